The second-order valence-electron chi connectivity index (χ2n) is 4.00. The van der Waals surface area contributed by atoms with Crippen LogP contribution in [0.4, 0.5) is 10.2 Å². The molecule has 0 radical (unpaired) electrons. The summed E-state index contributed by atoms with van der Waals surface area (Å²) in [7, 11) is 0. The number of pyridine rings is 1. The average Bonchev–Trinajstić information content (AvgIpc) is 2.42. The molecule has 0 saturated heterocycles. The third-order valence-electron chi connectivity index (χ3n) is 2.64. The minimum Gasteiger partial charge on any atom is -0.357 e. The third kappa shape index (κ3) is 3.51. The van der Waals surface area contributed by atoms with E-state index in [1.807, 2.05) is 6.92 Å². The van der Waals surface area contributed by atoms with Gasteiger partial charge in [0.2, 0.25) is 5.95 Å². The zero-order valence-corrected chi connectivity index (χ0v) is 10.5. The van der Waals surface area contributed by atoms with Gasteiger partial charge in [-0.25, -0.2) is 4.99 Å². The summed E-state index contributed by atoms with van der Waals surface area (Å²) in [4.78, 5) is 22.5. The molecule has 1 aromatic heterocycles. The van der Waals surface area contributed by atoms with Crippen molar-refractivity contribution in [1.29, 1.82) is 0 Å². The van der Waals surface area contributed by atoms with Crippen molar-refractivity contribution >= 4 is 24.0 Å². The molecule has 0 amide bonds. The molecule has 1 atom stereocenters. The lowest BCUT2D eigenvalue weighted by molar-refractivity contribution is 0.0643. The normalized spacial score (nSPS) is 20.7. The van der Waals surface area contributed by atoms with Crippen LogP contribution in [0.3, 0.4) is 0 Å². The largest absolute Gasteiger partial charge is 0.357 e. The van der Waals surface area contributed by atoms with E-state index < -0.39 is 5.95 Å². The smallest absolute Gasteiger partial charge is 0.225 e. The summed E-state index contributed by atoms with van der Waals surface area (Å²) in [5.74, 6) is -0.573. The number of carbonyl (C=O) groups excluding carboxylic acids is 1. The van der Waals surface area contributed by atoms with Crippen molar-refractivity contribution in [1.82, 2.24) is 4.98 Å². The van der Waals surface area contributed by atoms with Gasteiger partial charge in [-0.05, 0) is 31.9 Å². The highest BCUT2D eigenvalue weighted by Gasteiger charge is 2.13. The SMILES string of the molecule is CCOC1CCC(=Nc2ccc(C=O)c(F)n2)C=N1. The van der Waals surface area contributed by atoms with Crippen LogP contribution >= 0.6 is 0 Å². The number of hydrogen-bond acceptors (Lipinski definition) is 5. The summed E-state index contributed by atoms with van der Waals surface area (Å²) >= 11 is 0. The van der Waals surface area contributed by atoms with E-state index in [4.69, 9.17) is 4.74 Å². The number of rotatable bonds is 4. The zero-order valence-electron chi connectivity index (χ0n) is 10.5. The lowest BCUT2D eigenvalue weighted by Crippen LogP contribution is -2.19. The fraction of sp³-hybridized carbons (Fsp3) is 0.385. The molecule has 0 spiro atoms. The van der Waals surface area contributed by atoms with Crippen molar-refractivity contribution in [2.75, 3.05) is 6.61 Å². The molecule has 100 valence electrons. The van der Waals surface area contributed by atoms with Gasteiger partial charge < -0.3 is 4.74 Å². The Kier molecular flexibility index (Phi) is 4.46. The Labute approximate surface area is 110 Å². The van der Waals surface area contributed by atoms with E-state index in [-0.39, 0.29) is 17.6 Å². The first-order chi connectivity index (χ1) is 9.22. The molecule has 0 aliphatic carbocycles. The van der Waals surface area contributed by atoms with Gasteiger partial charge in [-0.15, -0.1) is 0 Å². The van der Waals surface area contributed by atoms with Gasteiger partial charge in [0.1, 0.15) is 6.23 Å². The van der Waals surface area contributed by atoms with Gasteiger partial charge in [-0.3, -0.25) is 9.79 Å². The maximum Gasteiger partial charge on any atom is 0.225 e. The zero-order chi connectivity index (χ0) is 13.7. The number of carbonyl (C=O) groups is 1. The van der Waals surface area contributed by atoms with Crippen LogP contribution in [0.15, 0.2) is 22.1 Å². The Morgan fingerprint density at radius 2 is 2.42 bits per heavy atom. The quantitative estimate of drug-likeness (QED) is 0.618. The fourth-order valence-electron chi connectivity index (χ4n) is 1.72. The van der Waals surface area contributed by atoms with Gasteiger partial charge >= 0.3 is 0 Å². The fourth-order valence-corrected chi connectivity index (χ4v) is 1.72. The Hall–Kier alpha value is -1.95. The number of aliphatic imine (C=N–C) groups is 2. The molecule has 19 heavy (non-hydrogen) atoms. The minimum absolute atomic E-state index is 0.0716. The van der Waals surface area contributed by atoms with E-state index in [0.717, 1.165) is 12.1 Å². The van der Waals surface area contributed by atoms with Crippen LogP contribution in [-0.2, 0) is 4.74 Å². The van der Waals surface area contributed by atoms with E-state index >= 15 is 0 Å². The average molecular weight is 263 g/mol. The number of ether oxygens (including phenoxy) is 1. The van der Waals surface area contributed by atoms with Crippen molar-refractivity contribution < 1.29 is 13.9 Å². The van der Waals surface area contributed by atoms with Gasteiger partial charge in [0.15, 0.2) is 12.1 Å². The van der Waals surface area contributed by atoms with Crippen molar-refractivity contribution in [2.45, 2.75) is 26.0 Å². The van der Waals surface area contributed by atoms with Gasteiger partial charge in [0.25, 0.3) is 0 Å². The predicted molar refractivity (Wildman–Crippen MR) is 69.8 cm³/mol. The molecule has 0 N–H and O–H groups in total. The van der Waals surface area contributed by atoms with Crippen molar-refractivity contribution in [3.63, 3.8) is 0 Å². The molecular weight excluding hydrogens is 249 g/mol. The van der Waals surface area contributed by atoms with Crippen LogP contribution in [-0.4, -0.2) is 36.0 Å². The molecule has 6 heteroatoms. The number of halogens is 1. The van der Waals surface area contributed by atoms with E-state index in [2.05, 4.69) is 15.0 Å². The van der Waals surface area contributed by atoms with E-state index in [1.54, 1.807) is 6.21 Å². The number of aldehydes is 1. The van der Waals surface area contributed by atoms with E-state index in [0.29, 0.717) is 19.3 Å². The highest BCUT2D eigenvalue weighted by atomic mass is 19.1. The number of nitrogens with zero attached hydrogens (tertiary/aromatic N) is 3. The van der Waals surface area contributed by atoms with Gasteiger partial charge in [0.05, 0.1) is 11.3 Å². The highest BCUT2D eigenvalue weighted by Crippen LogP contribution is 2.15. The van der Waals surface area contributed by atoms with Gasteiger partial charge in [0, 0.05) is 12.8 Å². The molecule has 0 bridgehead atoms. The summed E-state index contributed by atoms with van der Waals surface area (Å²) in [6.45, 7) is 2.54. The molecular formula is C13H14FN3O2. The lowest BCUT2D eigenvalue weighted by atomic mass is 10.1. The molecule has 5 nitrogen and oxygen atoms in total. The number of aromatic nitrogens is 1. The molecule has 0 fully saturated rings. The molecule has 0 aromatic carbocycles. The lowest BCUT2D eigenvalue weighted by Gasteiger charge is -2.16. The first kappa shape index (κ1) is 13.5. The second-order valence-corrected chi connectivity index (χ2v) is 4.00. The molecule has 2 rings (SSSR count). The molecule has 2 heterocycles. The van der Waals surface area contributed by atoms with Crippen LogP contribution in [0, 0.1) is 5.95 Å². The number of hydrogen-bond donors (Lipinski definition) is 0. The van der Waals surface area contributed by atoms with Crippen LogP contribution < -0.4 is 0 Å². The van der Waals surface area contributed by atoms with Crippen LogP contribution in [0.1, 0.15) is 30.1 Å². The Balaban J connectivity index is 2.12. The summed E-state index contributed by atoms with van der Waals surface area (Å²) in [5.41, 5.74) is 0.652. The maximum absolute atomic E-state index is 13.3. The monoisotopic (exact) mass is 263 g/mol. The Bertz CT molecular complexity index is 529. The minimum atomic E-state index is -0.809. The third-order valence-corrected chi connectivity index (χ3v) is 2.64. The predicted octanol–water partition coefficient (Wildman–Crippen LogP) is 2.33. The first-order valence-corrected chi connectivity index (χ1v) is 6.07. The summed E-state index contributed by atoms with van der Waals surface area (Å²) < 4.78 is 18.7. The van der Waals surface area contributed by atoms with Crippen molar-refractivity contribution in [2.24, 2.45) is 9.98 Å². The van der Waals surface area contributed by atoms with Crippen molar-refractivity contribution in [3.8, 4) is 0 Å². The summed E-state index contributed by atoms with van der Waals surface area (Å²) in [6, 6.07) is 2.86. The van der Waals surface area contributed by atoms with Crippen molar-refractivity contribution in [3.05, 3.63) is 23.6 Å². The van der Waals surface area contributed by atoms with Crippen LogP contribution in [0.2, 0.25) is 0 Å². The van der Waals surface area contributed by atoms with Crippen LogP contribution in [0.5, 0.6) is 0 Å². The molecule has 1 aliphatic rings. The standard InChI is InChI=1S/C13H14FN3O2/c1-2-19-12-6-4-10(7-15-12)16-11-5-3-9(8-18)13(14)17-11/h3,5,7-8,12H,2,4,6H2,1H3. The molecule has 1 unspecified atom stereocenters. The maximum atomic E-state index is 13.3. The molecule has 1 aliphatic heterocycles. The second kappa shape index (κ2) is 6.29. The van der Waals surface area contributed by atoms with E-state index in [9.17, 15) is 9.18 Å². The summed E-state index contributed by atoms with van der Waals surface area (Å²) in [5, 5.41) is 0. The van der Waals surface area contributed by atoms with Crippen LogP contribution in [0.25, 0.3) is 0 Å². The molecule has 1 aromatic rings. The Morgan fingerprint density at radius 3 is 3.00 bits per heavy atom. The topological polar surface area (TPSA) is 63.9 Å². The van der Waals surface area contributed by atoms with Gasteiger partial charge in [-0.1, -0.05) is 0 Å². The summed E-state index contributed by atoms with van der Waals surface area (Å²) in [6.07, 6.45) is 3.38. The first-order valence-electron chi connectivity index (χ1n) is 6.07. The Morgan fingerprint density at radius 1 is 1.58 bits per heavy atom. The van der Waals surface area contributed by atoms with Gasteiger partial charge in [-0.2, -0.15) is 9.37 Å². The molecule has 0 saturated carbocycles. The van der Waals surface area contributed by atoms with E-state index in [1.165, 1.54) is 12.1 Å². The highest BCUT2D eigenvalue weighted by molar-refractivity contribution is 6.31.